The highest BCUT2D eigenvalue weighted by molar-refractivity contribution is 7.92. The lowest BCUT2D eigenvalue weighted by Gasteiger charge is -2.30. The van der Waals surface area contributed by atoms with Gasteiger partial charge in [-0.05, 0) is 55.2 Å². The maximum absolute atomic E-state index is 12.9. The van der Waals surface area contributed by atoms with Gasteiger partial charge in [-0.1, -0.05) is 17.4 Å². The van der Waals surface area contributed by atoms with Crippen molar-refractivity contribution in [2.45, 2.75) is 31.8 Å². The van der Waals surface area contributed by atoms with Crippen molar-refractivity contribution >= 4 is 38.1 Å². The molecule has 1 aliphatic heterocycles. The molecule has 4 rings (SSSR count). The molecule has 0 spiro atoms. The van der Waals surface area contributed by atoms with E-state index in [2.05, 4.69) is 10.3 Å². The zero-order chi connectivity index (χ0) is 19.9. The van der Waals surface area contributed by atoms with Gasteiger partial charge < -0.3 is 9.73 Å². The van der Waals surface area contributed by atoms with Crippen LogP contribution in [0.4, 0.5) is 10.8 Å². The van der Waals surface area contributed by atoms with Gasteiger partial charge in [-0.2, -0.15) is 8.42 Å². The zero-order valence-electron chi connectivity index (χ0n) is 15.4. The summed E-state index contributed by atoms with van der Waals surface area (Å²) in [7, 11) is -3.72. The van der Waals surface area contributed by atoms with Gasteiger partial charge in [0.25, 0.3) is 10.0 Å². The van der Waals surface area contributed by atoms with E-state index in [4.69, 9.17) is 4.42 Å². The summed E-state index contributed by atoms with van der Waals surface area (Å²) in [6, 6.07) is 8.77. The first kappa shape index (κ1) is 18.7. The third-order valence-corrected chi connectivity index (χ3v) is 7.36. The predicted octanol–water partition coefficient (Wildman–Crippen LogP) is 3.81. The summed E-state index contributed by atoms with van der Waals surface area (Å²) >= 11 is 1.41. The fraction of sp³-hybridized carbons (Fsp3) is 0.263. The molecule has 0 radical (unpaired) electrons. The van der Waals surface area contributed by atoms with Crippen molar-refractivity contribution in [2.75, 3.05) is 16.2 Å². The van der Waals surface area contributed by atoms with E-state index in [0.717, 1.165) is 34.5 Å². The fourth-order valence-electron chi connectivity index (χ4n) is 3.34. The average molecular weight is 418 g/mol. The normalized spacial score (nSPS) is 14.0. The van der Waals surface area contributed by atoms with Crippen LogP contribution in [0, 0.1) is 6.92 Å². The molecule has 0 fully saturated rings. The number of benzene rings is 1. The van der Waals surface area contributed by atoms with Crippen LogP contribution in [0.15, 0.2) is 46.1 Å². The minimum absolute atomic E-state index is 0.0531. The van der Waals surface area contributed by atoms with E-state index < -0.39 is 10.0 Å². The number of hydrogen-bond acceptors (Lipinski definition) is 6. The quantitative estimate of drug-likeness (QED) is 0.697. The Bertz CT molecular complexity index is 1130. The maximum Gasteiger partial charge on any atom is 0.297 e. The second-order valence-electron chi connectivity index (χ2n) is 6.57. The molecule has 3 aromatic rings. The lowest BCUT2D eigenvalue weighted by Crippen LogP contribution is -2.35. The molecule has 0 saturated carbocycles. The first-order chi connectivity index (χ1) is 13.4. The molecule has 1 aromatic carbocycles. The Morgan fingerprint density at radius 3 is 2.86 bits per heavy atom. The number of aryl methyl sites for hydroxylation is 2. The lowest BCUT2D eigenvalue weighted by atomic mass is 10.00. The van der Waals surface area contributed by atoms with E-state index in [1.807, 2.05) is 25.1 Å². The topological polar surface area (TPSA) is 92.5 Å². The maximum atomic E-state index is 12.9. The van der Waals surface area contributed by atoms with Crippen LogP contribution in [0.2, 0.25) is 0 Å². The van der Waals surface area contributed by atoms with Crippen molar-refractivity contribution in [3.63, 3.8) is 0 Å². The Morgan fingerprint density at radius 2 is 2.14 bits per heavy atom. The minimum Gasteiger partial charge on any atom is -0.451 e. The molecule has 0 bridgehead atoms. The second-order valence-corrected chi connectivity index (χ2v) is 9.36. The molecule has 0 aliphatic carbocycles. The van der Waals surface area contributed by atoms with Gasteiger partial charge in [0.1, 0.15) is 0 Å². The number of sulfonamides is 1. The van der Waals surface area contributed by atoms with Crippen LogP contribution < -0.4 is 9.62 Å². The Morgan fingerprint density at radius 1 is 1.32 bits per heavy atom. The van der Waals surface area contributed by atoms with E-state index >= 15 is 0 Å². The highest BCUT2D eigenvalue weighted by Crippen LogP contribution is 2.38. The summed E-state index contributed by atoms with van der Waals surface area (Å²) in [5, 5.41) is 3.21. The largest absolute Gasteiger partial charge is 0.451 e. The third kappa shape index (κ3) is 3.31. The molecule has 9 heteroatoms. The van der Waals surface area contributed by atoms with Gasteiger partial charge in [-0.15, -0.1) is 0 Å². The molecule has 0 saturated heterocycles. The molecule has 0 atom stereocenters. The van der Waals surface area contributed by atoms with Crippen molar-refractivity contribution < 1.29 is 17.6 Å². The number of fused-ring (bicyclic) bond motifs is 1. The number of nitrogens with one attached hydrogen (secondary N) is 1. The number of furan rings is 1. The number of anilines is 2. The van der Waals surface area contributed by atoms with Gasteiger partial charge in [0.15, 0.2) is 5.13 Å². The number of nitrogens with zero attached hydrogens (tertiary/aromatic N) is 2. The molecule has 3 heterocycles. The Balaban J connectivity index is 1.72. The summed E-state index contributed by atoms with van der Waals surface area (Å²) in [6.07, 6.45) is 2.89. The molecule has 1 aliphatic rings. The van der Waals surface area contributed by atoms with E-state index in [-0.39, 0.29) is 11.0 Å². The summed E-state index contributed by atoms with van der Waals surface area (Å²) in [5.41, 5.74) is 3.43. The van der Waals surface area contributed by atoms with E-state index in [0.29, 0.717) is 17.4 Å². The molecule has 2 aromatic heterocycles. The van der Waals surface area contributed by atoms with Crippen molar-refractivity contribution in [1.29, 1.82) is 0 Å². The number of carbonyl (C=O) groups excluding carboxylic acids is 1. The predicted molar refractivity (Wildman–Crippen MR) is 108 cm³/mol. The van der Waals surface area contributed by atoms with Crippen molar-refractivity contribution in [2.24, 2.45) is 0 Å². The SMILES string of the molecule is CC(=O)Nc1nc(C)c(-c2ccc3c(c2)CCCN3S(=O)(=O)c2ccco2)s1. The molecule has 28 heavy (non-hydrogen) atoms. The first-order valence-corrected chi connectivity index (χ1v) is 11.1. The standard InChI is InChI=1S/C19H19N3O4S2/c1-12-18(27-19(20-12)21-13(2)23)15-7-8-16-14(11-15)5-3-9-22(16)28(24,25)17-6-4-10-26-17/h4,6-8,10-11H,3,5,9H2,1-2H3,(H,20,21,23). The molecule has 1 amide bonds. The van der Waals surface area contributed by atoms with Crippen LogP contribution in [0.25, 0.3) is 10.4 Å². The fourth-order valence-corrected chi connectivity index (χ4v) is 5.80. The van der Waals surface area contributed by atoms with Crippen molar-refractivity contribution in [1.82, 2.24) is 4.98 Å². The summed E-state index contributed by atoms with van der Waals surface area (Å²) in [4.78, 5) is 16.6. The van der Waals surface area contributed by atoms with Crippen LogP contribution in [-0.4, -0.2) is 25.9 Å². The third-order valence-electron chi connectivity index (χ3n) is 4.54. The van der Waals surface area contributed by atoms with E-state index in [1.54, 1.807) is 6.07 Å². The van der Waals surface area contributed by atoms with Crippen LogP contribution in [0.1, 0.15) is 24.6 Å². The Hall–Kier alpha value is -2.65. The highest BCUT2D eigenvalue weighted by Gasteiger charge is 2.31. The van der Waals surface area contributed by atoms with Crippen LogP contribution in [-0.2, 0) is 21.2 Å². The average Bonchev–Trinajstić information content (AvgIpc) is 3.30. The van der Waals surface area contributed by atoms with Crippen molar-refractivity contribution in [3.05, 3.63) is 47.9 Å². The highest BCUT2D eigenvalue weighted by atomic mass is 32.2. The molecule has 7 nitrogen and oxygen atoms in total. The van der Waals surface area contributed by atoms with Gasteiger partial charge in [0, 0.05) is 13.5 Å². The van der Waals surface area contributed by atoms with Gasteiger partial charge in [-0.3, -0.25) is 9.10 Å². The Labute approximate surface area is 167 Å². The number of carbonyl (C=O) groups is 1. The number of thiazole rings is 1. The summed E-state index contributed by atoms with van der Waals surface area (Å²) < 4.78 is 32.4. The monoisotopic (exact) mass is 417 g/mol. The van der Waals surface area contributed by atoms with Gasteiger partial charge >= 0.3 is 0 Å². The van der Waals surface area contributed by atoms with E-state index in [9.17, 15) is 13.2 Å². The molecule has 1 N–H and O–H groups in total. The first-order valence-electron chi connectivity index (χ1n) is 8.81. The number of amides is 1. The van der Waals surface area contributed by atoms with Crippen LogP contribution >= 0.6 is 11.3 Å². The number of hydrogen-bond donors (Lipinski definition) is 1. The lowest BCUT2D eigenvalue weighted by molar-refractivity contribution is -0.114. The van der Waals surface area contributed by atoms with Crippen LogP contribution in [0.3, 0.4) is 0 Å². The van der Waals surface area contributed by atoms with Gasteiger partial charge in [-0.25, -0.2) is 4.98 Å². The van der Waals surface area contributed by atoms with Crippen molar-refractivity contribution in [3.8, 4) is 10.4 Å². The minimum atomic E-state index is -3.72. The molecular weight excluding hydrogens is 398 g/mol. The summed E-state index contributed by atoms with van der Waals surface area (Å²) in [6.45, 7) is 3.76. The molecule has 0 unspecified atom stereocenters. The van der Waals surface area contributed by atoms with Crippen LogP contribution in [0.5, 0.6) is 0 Å². The second kappa shape index (κ2) is 7.06. The van der Waals surface area contributed by atoms with E-state index in [1.165, 1.54) is 34.9 Å². The Kier molecular flexibility index (Phi) is 4.72. The smallest absolute Gasteiger partial charge is 0.297 e. The molecule has 146 valence electrons. The number of aromatic nitrogens is 1. The summed E-state index contributed by atoms with van der Waals surface area (Å²) in [5.74, 6) is -0.162. The van der Waals surface area contributed by atoms with Gasteiger partial charge in [0.05, 0.1) is 22.5 Å². The number of rotatable bonds is 4. The zero-order valence-corrected chi connectivity index (χ0v) is 17.1. The molecular formula is C19H19N3O4S2. The van der Waals surface area contributed by atoms with Gasteiger partial charge in [0.2, 0.25) is 11.0 Å².